The summed E-state index contributed by atoms with van der Waals surface area (Å²) in [4.78, 5) is 3.09. The van der Waals surface area contributed by atoms with E-state index in [0.29, 0.717) is 0 Å². The molecule has 130 valence electrons. The number of aromatic nitrogens is 2. The van der Waals surface area contributed by atoms with Crippen LogP contribution in [-0.4, -0.2) is 24.3 Å². The van der Waals surface area contributed by atoms with Crippen LogP contribution in [0.25, 0.3) is 11.4 Å². The molecule has 0 aliphatic heterocycles. The molecule has 0 spiro atoms. The fourth-order valence-corrected chi connectivity index (χ4v) is 2.52. The number of benzene rings is 1. The molecule has 2 aromatic rings. The summed E-state index contributed by atoms with van der Waals surface area (Å²) < 4.78 is 80.4. The topological polar surface area (TPSA) is 85.1 Å². The molecule has 0 unspecified atom stereocenters. The molecular weight excluding hydrogens is 354 g/mol. The van der Waals surface area contributed by atoms with E-state index in [1.54, 1.807) is 0 Å². The Kier molecular flexibility index (Phi) is 5.04. The van der Waals surface area contributed by atoms with E-state index in [1.807, 2.05) is 0 Å². The lowest BCUT2D eigenvalue weighted by molar-refractivity contribution is -0.159. The van der Waals surface area contributed by atoms with Crippen molar-refractivity contribution in [3.8, 4) is 11.4 Å². The minimum atomic E-state index is -4.83. The normalized spacial score (nSPS) is 12.3. The zero-order valence-corrected chi connectivity index (χ0v) is 12.8. The zero-order valence-electron chi connectivity index (χ0n) is 12.0. The van der Waals surface area contributed by atoms with Gasteiger partial charge >= 0.3 is 12.1 Å². The van der Waals surface area contributed by atoms with Gasteiger partial charge in [0.1, 0.15) is 5.82 Å². The maximum atomic E-state index is 14.0. The van der Waals surface area contributed by atoms with Crippen molar-refractivity contribution in [2.45, 2.75) is 12.7 Å². The van der Waals surface area contributed by atoms with Crippen molar-refractivity contribution in [3.63, 3.8) is 0 Å². The maximum Gasteiger partial charge on any atom is 0.471 e. The molecule has 0 bridgehead atoms. The Labute approximate surface area is 134 Å². The van der Waals surface area contributed by atoms with Gasteiger partial charge < -0.3 is 4.52 Å². The molecule has 1 heterocycles. The Morgan fingerprint density at radius 1 is 1.33 bits per heavy atom. The molecular formula is C13H11F4N3O3S. The summed E-state index contributed by atoms with van der Waals surface area (Å²) in [7, 11) is -3.57. The van der Waals surface area contributed by atoms with Crippen LogP contribution in [0.1, 0.15) is 11.5 Å². The van der Waals surface area contributed by atoms with Gasteiger partial charge in [0.05, 0.1) is 11.3 Å². The van der Waals surface area contributed by atoms with Crippen LogP contribution in [0.15, 0.2) is 35.4 Å². The first-order valence-corrected chi connectivity index (χ1v) is 8.05. The molecule has 1 aromatic heterocycles. The SMILES string of the molecule is C=CCS(=O)(=O)NCc1ccc(-c2noc(C(F)(F)F)n2)c(F)c1. The number of nitrogens with zero attached hydrogens (tertiary/aromatic N) is 2. The summed E-state index contributed by atoms with van der Waals surface area (Å²) in [6.07, 6.45) is -3.63. The van der Waals surface area contributed by atoms with E-state index in [4.69, 9.17) is 0 Å². The Balaban J connectivity index is 2.18. The van der Waals surface area contributed by atoms with Crippen LogP contribution in [0.2, 0.25) is 0 Å². The van der Waals surface area contributed by atoms with Crippen molar-refractivity contribution < 1.29 is 30.5 Å². The molecule has 1 N–H and O–H groups in total. The van der Waals surface area contributed by atoms with Crippen molar-refractivity contribution in [3.05, 3.63) is 48.1 Å². The van der Waals surface area contributed by atoms with Crippen molar-refractivity contribution >= 4 is 10.0 Å². The third-order valence-electron chi connectivity index (χ3n) is 2.78. The molecule has 6 nitrogen and oxygen atoms in total. The molecule has 0 amide bonds. The Hall–Kier alpha value is -2.27. The van der Waals surface area contributed by atoms with Gasteiger partial charge in [-0.15, -0.1) is 6.58 Å². The Morgan fingerprint density at radius 3 is 2.58 bits per heavy atom. The van der Waals surface area contributed by atoms with E-state index < -0.39 is 33.7 Å². The van der Waals surface area contributed by atoms with E-state index >= 15 is 0 Å². The van der Waals surface area contributed by atoms with Gasteiger partial charge in [-0.05, 0) is 17.7 Å². The molecule has 0 aliphatic carbocycles. The third-order valence-corrected chi connectivity index (χ3v) is 4.04. The number of nitrogens with one attached hydrogen (secondary N) is 1. The van der Waals surface area contributed by atoms with Crippen LogP contribution >= 0.6 is 0 Å². The lowest BCUT2D eigenvalue weighted by Crippen LogP contribution is -2.25. The predicted molar refractivity (Wildman–Crippen MR) is 75.5 cm³/mol. The highest BCUT2D eigenvalue weighted by Crippen LogP contribution is 2.30. The largest absolute Gasteiger partial charge is 0.471 e. The highest BCUT2D eigenvalue weighted by molar-refractivity contribution is 7.89. The second-order valence-corrected chi connectivity index (χ2v) is 6.48. The number of alkyl halides is 3. The average molecular weight is 365 g/mol. The number of hydrogen-bond donors (Lipinski definition) is 1. The summed E-state index contributed by atoms with van der Waals surface area (Å²) >= 11 is 0. The minimum Gasteiger partial charge on any atom is -0.329 e. The first kappa shape index (κ1) is 18.1. The van der Waals surface area contributed by atoms with Gasteiger partial charge in [0, 0.05) is 6.54 Å². The summed E-state index contributed by atoms with van der Waals surface area (Å²) in [6, 6.07) is 3.44. The van der Waals surface area contributed by atoms with Gasteiger partial charge in [0.15, 0.2) is 0 Å². The predicted octanol–water partition coefficient (Wildman–Crippen LogP) is 2.50. The molecule has 1 aromatic carbocycles. The molecule has 24 heavy (non-hydrogen) atoms. The molecule has 0 atom stereocenters. The van der Waals surface area contributed by atoms with Crippen LogP contribution in [0.3, 0.4) is 0 Å². The van der Waals surface area contributed by atoms with E-state index in [9.17, 15) is 26.0 Å². The second-order valence-electron chi connectivity index (χ2n) is 4.63. The number of hydrogen-bond acceptors (Lipinski definition) is 5. The number of sulfonamides is 1. The first-order valence-electron chi connectivity index (χ1n) is 6.40. The van der Waals surface area contributed by atoms with E-state index in [0.717, 1.165) is 12.1 Å². The van der Waals surface area contributed by atoms with Crippen molar-refractivity contribution in [2.24, 2.45) is 0 Å². The number of halogens is 4. The van der Waals surface area contributed by atoms with Crippen LogP contribution in [0.5, 0.6) is 0 Å². The van der Waals surface area contributed by atoms with Gasteiger partial charge in [-0.2, -0.15) is 18.2 Å². The second kappa shape index (κ2) is 6.69. The first-order chi connectivity index (χ1) is 11.1. The smallest absolute Gasteiger partial charge is 0.329 e. The van der Waals surface area contributed by atoms with Gasteiger partial charge in [0.2, 0.25) is 15.8 Å². The van der Waals surface area contributed by atoms with Gasteiger partial charge in [0.25, 0.3) is 0 Å². The van der Waals surface area contributed by atoms with Crippen molar-refractivity contribution in [1.29, 1.82) is 0 Å². The van der Waals surface area contributed by atoms with Crippen LogP contribution in [0, 0.1) is 5.82 Å². The average Bonchev–Trinajstić information content (AvgIpc) is 2.95. The standard InChI is InChI=1S/C13H11F4N3O3S/c1-2-5-24(21,22)18-7-8-3-4-9(10(14)6-8)11-19-12(23-20-11)13(15,16)17/h2-4,6,18H,1,5,7H2. The van der Waals surface area contributed by atoms with Gasteiger partial charge in [-0.1, -0.05) is 17.3 Å². The fraction of sp³-hybridized carbons (Fsp3) is 0.231. The summed E-state index contributed by atoms with van der Waals surface area (Å²) in [5.41, 5.74) is -0.0321. The fourth-order valence-electron chi connectivity index (χ4n) is 1.71. The summed E-state index contributed by atoms with van der Waals surface area (Å²) in [5, 5.41) is 3.08. The molecule has 0 aliphatic rings. The van der Waals surface area contributed by atoms with Gasteiger partial charge in [-0.25, -0.2) is 17.5 Å². The third kappa shape index (κ3) is 4.38. The van der Waals surface area contributed by atoms with Crippen LogP contribution in [-0.2, 0) is 22.7 Å². The minimum absolute atomic E-state index is 0.187. The van der Waals surface area contributed by atoms with Crippen LogP contribution in [0.4, 0.5) is 17.6 Å². The van der Waals surface area contributed by atoms with E-state index in [2.05, 4.69) is 26.0 Å². The molecule has 0 saturated heterocycles. The Bertz CT molecular complexity index is 846. The number of rotatable bonds is 6. The van der Waals surface area contributed by atoms with E-state index in [1.165, 1.54) is 12.1 Å². The lowest BCUT2D eigenvalue weighted by Gasteiger charge is -2.06. The summed E-state index contributed by atoms with van der Waals surface area (Å²) in [6.45, 7) is 3.11. The highest BCUT2D eigenvalue weighted by atomic mass is 32.2. The van der Waals surface area contributed by atoms with Gasteiger partial charge in [-0.3, -0.25) is 0 Å². The monoisotopic (exact) mass is 365 g/mol. The van der Waals surface area contributed by atoms with Crippen molar-refractivity contribution in [1.82, 2.24) is 14.9 Å². The quantitative estimate of drug-likeness (QED) is 0.628. The molecule has 11 heteroatoms. The zero-order chi connectivity index (χ0) is 18.0. The Morgan fingerprint density at radius 2 is 2.04 bits per heavy atom. The maximum absolute atomic E-state index is 14.0. The van der Waals surface area contributed by atoms with Crippen molar-refractivity contribution in [2.75, 3.05) is 5.75 Å². The van der Waals surface area contributed by atoms with E-state index in [-0.39, 0.29) is 23.4 Å². The highest BCUT2D eigenvalue weighted by Gasteiger charge is 2.38. The molecule has 0 fully saturated rings. The molecule has 0 saturated carbocycles. The van der Waals surface area contributed by atoms with Crippen LogP contribution < -0.4 is 4.72 Å². The lowest BCUT2D eigenvalue weighted by atomic mass is 10.1. The molecule has 0 radical (unpaired) electrons. The molecule has 2 rings (SSSR count). The summed E-state index contributed by atoms with van der Waals surface area (Å²) in [5.74, 6) is -3.35.